The van der Waals surface area contributed by atoms with Gasteiger partial charge in [-0.05, 0) is 35.4 Å². The predicted molar refractivity (Wildman–Crippen MR) is 67.7 cm³/mol. The molecule has 0 aliphatic heterocycles. The number of nitrogens with two attached hydrogens (primary N) is 1. The number of hydrogen-bond donors (Lipinski definition) is 1. The van der Waals surface area contributed by atoms with Crippen molar-refractivity contribution in [1.82, 2.24) is 4.98 Å². The van der Waals surface area contributed by atoms with Crippen molar-refractivity contribution >= 4 is 17.1 Å². The number of rotatable bonds is 1. The molecule has 1 aromatic heterocycles. The Kier molecular flexibility index (Phi) is 2.67. The highest BCUT2D eigenvalue weighted by molar-refractivity contribution is 5.80. The smallest absolute Gasteiger partial charge is 0.416 e. The van der Waals surface area contributed by atoms with Gasteiger partial charge in [0.25, 0.3) is 6.01 Å². The molecule has 0 spiro atoms. The van der Waals surface area contributed by atoms with E-state index in [4.69, 9.17) is 10.2 Å². The van der Waals surface area contributed by atoms with E-state index in [0.717, 1.165) is 12.1 Å². The third-order valence-electron chi connectivity index (χ3n) is 2.85. The molecule has 3 rings (SSSR count). The molecule has 0 bridgehead atoms. The summed E-state index contributed by atoms with van der Waals surface area (Å²) in [5, 5.41) is 0. The van der Waals surface area contributed by atoms with Crippen LogP contribution in [0, 0.1) is 6.07 Å². The van der Waals surface area contributed by atoms with Gasteiger partial charge < -0.3 is 10.2 Å². The van der Waals surface area contributed by atoms with Crippen LogP contribution in [0.1, 0.15) is 5.56 Å². The minimum atomic E-state index is -4.34. The van der Waals surface area contributed by atoms with Crippen LogP contribution in [-0.4, -0.2) is 4.98 Å². The van der Waals surface area contributed by atoms with E-state index >= 15 is 0 Å². The van der Waals surface area contributed by atoms with Crippen LogP contribution in [0.4, 0.5) is 19.2 Å². The van der Waals surface area contributed by atoms with Crippen molar-refractivity contribution in [2.45, 2.75) is 6.18 Å². The molecule has 2 aromatic carbocycles. The maximum atomic E-state index is 12.5. The largest absolute Gasteiger partial charge is 0.424 e. The molecule has 101 valence electrons. The summed E-state index contributed by atoms with van der Waals surface area (Å²) in [4.78, 5) is 3.93. The molecule has 6 heteroatoms. The van der Waals surface area contributed by atoms with Gasteiger partial charge in [-0.2, -0.15) is 18.2 Å². The summed E-state index contributed by atoms with van der Waals surface area (Å²) in [5.74, 6) is 0. The summed E-state index contributed by atoms with van der Waals surface area (Å²) in [6.07, 6.45) is -4.34. The molecule has 0 fully saturated rings. The van der Waals surface area contributed by atoms with Gasteiger partial charge in [0.2, 0.25) is 0 Å². The minimum absolute atomic E-state index is 0.0285. The summed E-state index contributed by atoms with van der Waals surface area (Å²) in [7, 11) is 0. The van der Waals surface area contributed by atoms with Crippen LogP contribution >= 0.6 is 0 Å². The molecule has 20 heavy (non-hydrogen) atoms. The van der Waals surface area contributed by atoms with Gasteiger partial charge in [-0.1, -0.05) is 12.1 Å². The lowest BCUT2D eigenvalue weighted by Crippen LogP contribution is -2.03. The average Bonchev–Trinajstić information content (AvgIpc) is 2.77. The monoisotopic (exact) mass is 277 g/mol. The van der Waals surface area contributed by atoms with E-state index < -0.39 is 11.7 Å². The third-order valence-corrected chi connectivity index (χ3v) is 2.85. The minimum Gasteiger partial charge on any atom is -0.424 e. The van der Waals surface area contributed by atoms with E-state index in [-0.39, 0.29) is 6.01 Å². The lowest BCUT2D eigenvalue weighted by Gasteiger charge is -2.07. The number of alkyl halides is 3. The van der Waals surface area contributed by atoms with Crippen molar-refractivity contribution in [3.8, 4) is 11.1 Å². The molecule has 1 radical (unpaired) electrons. The molecular formula is C14H8F3N2O. The lowest BCUT2D eigenvalue weighted by atomic mass is 10.0. The molecule has 3 nitrogen and oxygen atoms in total. The van der Waals surface area contributed by atoms with Gasteiger partial charge in [-0.25, -0.2) is 0 Å². The van der Waals surface area contributed by atoms with Gasteiger partial charge >= 0.3 is 6.18 Å². The van der Waals surface area contributed by atoms with Gasteiger partial charge in [0.15, 0.2) is 5.58 Å². The molecule has 0 saturated heterocycles. The Balaban J connectivity index is 2.02. The molecule has 3 aromatic rings. The fraction of sp³-hybridized carbons (Fsp3) is 0.0714. The van der Waals surface area contributed by atoms with Crippen LogP contribution in [-0.2, 0) is 6.18 Å². The second kappa shape index (κ2) is 4.26. The van der Waals surface area contributed by atoms with E-state index in [9.17, 15) is 13.2 Å². The second-order valence-electron chi connectivity index (χ2n) is 4.21. The number of halogens is 3. The van der Waals surface area contributed by atoms with E-state index in [1.54, 1.807) is 12.1 Å². The van der Waals surface area contributed by atoms with Gasteiger partial charge in [0, 0.05) is 6.07 Å². The van der Waals surface area contributed by atoms with Crippen molar-refractivity contribution in [3.05, 3.63) is 48.0 Å². The molecule has 2 N–H and O–H groups in total. The van der Waals surface area contributed by atoms with E-state index in [1.165, 1.54) is 12.1 Å². The second-order valence-corrected chi connectivity index (χ2v) is 4.21. The Hall–Kier alpha value is -2.50. The lowest BCUT2D eigenvalue weighted by molar-refractivity contribution is -0.137. The first kappa shape index (κ1) is 12.5. The molecule has 0 unspecified atom stereocenters. The van der Waals surface area contributed by atoms with Gasteiger partial charge in [0.1, 0.15) is 5.52 Å². The Morgan fingerprint density at radius 2 is 1.75 bits per heavy atom. The highest BCUT2D eigenvalue weighted by Crippen LogP contribution is 2.31. The average molecular weight is 277 g/mol. The Morgan fingerprint density at radius 1 is 1.05 bits per heavy atom. The highest BCUT2D eigenvalue weighted by Gasteiger charge is 2.29. The topological polar surface area (TPSA) is 52.0 Å². The number of fused-ring (bicyclic) bond motifs is 1. The van der Waals surface area contributed by atoms with Crippen molar-refractivity contribution in [1.29, 1.82) is 0 Å². The van der Waals surface area contributed by atoms with E-state index in [2.05, 4.69) is 11.1 Å². The zero-order valence-corrected chi connectivity index (χ0v) is 10.0. The summed E-state index contributed by atoms with van der Waals surface area (Å²) in [6, 6.07) is 11.2. The molecule has 1 heterocycles. The number of hydrogen-bond acceptors (Lipinski definition) is 3. The third kappa shape index (κ3) is 2.20. The molecule has 0 aliphatic rings. The molecule has 0 amide bonds. The van der Waals surface area contributed by atoms with Crippen LogP contribution in [0.15, 0.2) is 40.8 Å². The van der Waals surface area contributed by atoms with Gasteiger partial charge in [0.05, 0.1) is 5.56 Å². The number of oxazole rings is 1. The first-order chi connectivity index (χ1) is 9.43. The quantitative estimate of drug-likeness (QED) is 0.734. The van der Waals surface area contributed by atoms with Crippen molar-refractivity contribution in [2.24, 2.45) is 0 Å². The number of benzene rings is 2. The van der Waals surface area contributed by atoms with Gasteiger partial charge in [-0.15, -0.1) is 0 Å². The Morgan fingerprint density at radius 3 is 2.40 bits per heavy atom. The van der Waals surface area contributed by atoms with Crippen molar-refractivity contribution in [2.75, 3.05) is 5.73 Å². The van der Waals surface area contributed by atoms with Crippen LogP contribution in [0.25, 0.3) is 22.2 Å². The van der Waals surface area contributed by atoms with Gasteiger partial charge in [-0.3, -0.25) is 0 Å². The summed E-state index contributed by atoms with van der Waals surface area (Å²) in [5.41, 5.74) is 6.90. The normalized spacial score (nSPS) is 11.9. The highest BCUT2D eigenvalue weighted by atomic mass is 19.4. The first-order valence-corrected chi connectivity index (χ1v) is 5.69. The number of anilines is 1. The fourth-order valence-corrected chi connectivity index (χ4v) is 1.89. The van der Waals surface area contributed by atoms with Crippen LogP contribution < -0.4 is 5.73 Å². The summed E-state index contributed by atoms with van der Waals surface area (Å²) >= 11 is 0. The van der Waals surface area contributed by atoms with Crippen LogP contribution in [0.5, 0.6) is 0 Å². The maximum Gasteiger partial charge on any atom is 0.416 e. The van der Waals surface area contributed by atoms with Crippen LogP contribution in [0.2, 0.25) is 0 Å². The van der Waals surface area contributed by atoms with Crippen molar-refractivity contribution in [3.63, 3.8) is 0 Å². The van der Waals surface area contributed by atoms with Crippen molar-refractivity contribution < 1.29 is 17.6 Å². The molecular weight excluding hydrogens is 269 g/mol. The number of aromatic nitrogens is 1. The zero-order valence-electron chi connectivity index (χ0n) is 10.0. The predicted octanol–water partition coefficient (Wildman–Crippen LogP) is 3.90. The Labute approximate surface area is 111 Å². The molecule has 0 saturated carbocycles. The van der Waals surface area contributed by atoms with Crippen LogP contribution in [0.3, 0.4) is 0 Å². The summed E-state index contributed by atoms with van der Waals surface area (Å²) in [6.45, 7) is 0. The first-order valence-electron chi connectivity index (χ1n) is 5.69. The standard InChI is InChI=1S/C14H8F3N2O/c15-14(16,17)10-4-1-8(2-5-10)9-3-6-12-11(7-9)19-13(18)20-12/h1-6H,(H2,18,19). The Bertz CT molecular complexity index is 760. The molecule has 0 aliphatic carbocycles. The number of nitrogen functional groups attached to an aromatic ring is 1. The number of nitrogens with zero attached hydrogens (tertiary/aromatic N) is 1. The fourth-order valence-electron chi connectivity index (χ4n) is 1.89. The SMILES string of the molecule is Nc1nc2[c]c(-c3ccc(C(F)(F)F)cc3)ccc2o1. The van der Waals surface area contributed by atoms with E-state index in [1.807, 2.05) is 0 Å². The van der Waals surface area contributed by atoms with E-state index in [0.29, 0.717) is 22.2 Å². The zero-order chi connectivity index (χ0) is 14.3. The summed E-state index contributed by atoms with van der Waals surface area (Å²) < 4.78 is 42.6. The molecule has 0 atom stereocenters. The maximum absolute atomic E-state index is 12.5.